The second-order valence-electron chi connectivity index (χ2n) is 8.86. The summed E-state index contributed by atoms with van der Waals surface area (Å²) < 4.78 is 39.9. The summed E-state index contributed by atoms with van der Waals surface area (Å²) in [6.07, 6.45) is 2.60. The Kier molecular flexibility index (Phi) is 8.51. The fraction of sp³-hybridized carbons (Fsp3) is 0.292. The zero-order valence-electron chi connectivity index (χ0n) is 20.2. The van der Waals surface area contributed by atoms with Crippen LogP contribution in [-0.4, -0.2) is 67.6 Å². The number of hydrogen-bond acceptors (Lipinski definition) is 7. The van der Waals surface area contributed by atoms with Crippen LogP contribution in [0.5, 0.6) is 0 Å². The summed E-state index contributed by atoms with van der Waals surface area (Å²) in [6, 6.07) is 10.8. The van der Waals surface area contributed by atoms with Crippen molar-refractivity contribution in [3.05, 3.63) is 80.1 Å². The molecule has 2 atom stereocenters. The van der Waals surface area contributed by atoms with E-state index in [0.29, 0.717) is 14.9 Å². The quantitative estimate of drug-likeness (QED) is 0.375. The first-order valence-electron chi connectivity index (χ1n) is 11.5. The van der Waals surface area contributed by atoms with Gasteiger partial charge in [-0.05, 0) is 30.3 Å². The van der Waals surface area contributed by atoms with E-state index in [1.807, 2.05) is 0 Å². The minimum atomic E-state index is -3.33. The zero-order valence-corrected chi connectivity index (χ0v) is 22.6. The maximum atomic E-state index is 14.8. The molecule has 38 heavy (non-hydrogen) atoms. The van der Waals surface area contributed by atoms with Crippen LogP contribution in [0, 0.1) is 11.7 Å². The van der Waals surface area contributed by atoms with E-state index in [4.69, 9.17) is 11.6 Å². The van der Waals surface area contributed by atoms with Gasteiger partial charge >= 0.3 is 6.03 Å². The van der Waals surface area contributed by atoms with Crippen LogP contribution >= 0.6 is 22.9 Å². The van der Waals surface area contributed by atoms with Crippen molar-refractivity contribution in [3.63, 3.8) is 0 Å². The minimum absolute atomic E-state index is 0.0743. The van der Waals surface area contributed by atoms with Crippen molar-refractivity contribution in [2.24, 2.45) is 5.92 Å². The van der Waals surface area contributed by atoms with E-state index in [-0.39, 0.29) is 48.6 Å². The largest absolute Gasteiger partial charge is 0.351 e. The summed E-state index contributed by atoms with van der Waals surface area (Å²) in [5, 5.41) is 8.28. The van der Waals surface area contributed by atoms with E-state index >= 15 is 0 Å². The van der Waals surface area contributed by atoms with Crippen LogP contribution in [0.4, 0.5) is 14.9 Å². The van der Waals surface area contributed by atoms with Crippen molar-refractivity contribution in [1.29, 1.82) is 0 Å². The van der Waals surface area contributed by atoms with Crippen molar-refractivity contribution in [1.82, 2.24) is 20.1 Å². The maximum absolute atomic E-state index is 14.8. The number of thiophene rings is 1. The van der Waals surface area contributed by atoms with Gasteiger partial charge in [0.2, 0.25) is 0 Å². The van der Waals surface area contributed by atoms with Crippen molar-refractivity contribution >= 4 is 50.4 Å². The predicted octanol–water partition coefficient (Wildman–Crippen LogP) is 2.55. The lowest BCUT2D eigenvalue weighted by Gasteiger charge is -2.19. The Bertz CT molecular complexity index is 1510. The number of nitrogens with zero attached hydrogens (tertiary/aromatic N) is 2. The molecule has 3 N–H and O–H groups in total. The van der Waals surface area contributed by atoms with Gasteiger partial charge in [0.25, 0.3) is 11.5 Å². The first-order chi connectivity index (χ1) is 18.0. The molecular formula is C24H25ClFN5O5S2. The Morgan fingerprint density at radius 2 is 1.95 bits per heavy atom. The molecule has 1 aliphatic rings. The number of anilines is 1. The van der Waals surface area contributed by atoms with Gasteiger partial charge in [-0.2, -0.15) is 0 Å². The molecule has 0 spiro atoms. The van der Waals surface area contributed by atoms with Crippen LogP contribution in [0.15, 0.2) is 59.5 Å². The molecular weight excluding hydrogens is 557 g/mol. The summed E-state index contributed by atoms with van der Waals surface area (Å²) in [5.41, 5.74) is -0.0939. The Balaban J connectivity index is 1.43. The molecule has 1 aromatic carbocycles. The van der Waals surface area contributed by atoms with Gasteiger partial charge in [-0.1, -0.05) is 17.7 Å². The molecule has 1 unspecified atom stereocenters. The number of likely N-dealkylation sites (tertiary alicyclic amines) is 1. The number of carbonyl (C=O) groups excluding carboxylic acids is 2. The molecule has 1 saturated heterocycles. The van der Waals surface area contributed by atoms with E-state index < -0.39 is 27.7 Å². The molecule has 3 heterocycles. The van der Waals surface area contributed by atoms with E-state index in [0.717, 1.165) is 23.7 Å². The van der Waals surface area contributed by atoms with Crippen molar-refractivity contribution < 1.29 is 22.4 Å². The van der Waals surface area contributed by atoms with E-state index in [1.54, 1.807) is 24.3 Å². The topological polar surface area (TPSA) is 130 Å². The molecule has 3 aromatic rings. The Morgan fingerprint density at radius 1 is 1.16 bits per heavy atom. The lowest BCUT2D eigenvalue weighted by molar-refractivity contribution is 0.0950. The van der Waals surface area contributed by atoms with Crippen LogP contribution in [-0.2, 0) is 9.84 Å². The highest BCUT2D eigenvalue weighted by Crippen LogP contribution is 2.23. The number of nitrogens with one attached hydrogen (secondary N) is 3. The molecule has 3 amide bonds. The van der Waals surface area contributed by atoms with Gasteiger partial charge in [-0.3, -0.25) is 19.5 Å². The summed E-state index contributed by atoms with van der Waals surface area (Å²) in [7, 11) is -3.33. The highest BCUT2D eigenvalue weighted by atomic mass is 35.5. The van der Waals surface area contributed by atoms with E-state index in [2.05, 4.69) is 16.0 Å². The van der Waals surface area contributed by atoms with Gasteiger partial charge in [-0.15, -0.1) is 11.3 Å². The summed E-state index contributed by atoms with van der Waals surface area (Å²) >= 11 is 7.03. The molecule has 1 aliphatic heterocycles. The number of benzene rings is 1. The molecule has 0 bridgehead atoms. The standard InChI is InChI=1S/C24H25ClFN5O5S2/c1-38(35,36)14-28-19-13-30(12-15(19)11-27-23(33)20-7-8-21(25)37-20)24(34)29-18-6-5-16(10-17(18)26)31-9-3-2-4-22(31)32/h2-10,15,19,28H,11-14H2,1H3,(H,27,33)(H,29,34)/t15?,19-/m0/s1. The lowest BCUT2D eigenvalue weighted by Crippen LogP contribution is -2.43. The summed E-state index contributed by atoms with van der Waals surface area (Å²) in [5.74, 6) is -1.66. The van der Waals surface area contributed by atoms with Crippen LogP contribution in [0.2, 0.25) is 4.34 Å². The molecule has 0 aliphatic carbocycles. The smallest absolute Gasteiger partial charge is 0.321 e. The van der Waals surface area contributed by atoms with Gasteiger partial charge < -0.3 is 15.5 Å². The SMILES string of the molecule is CS(=O)(=O)CN[C@H]1CN(C(=O)Nc2ccc(-n3ccccc3=O)cc2F)CC1CNC(=O)c1ccc(Cl)s1. The number of aromatic nitrogens is 1. The highest BCUT2D eigenvalue weighted by molar-refractivity contribution is 7.90. The number of rotatable bonds is 8. The number of urea groups is 1. The van der Waals surface area contributed by atoms with Gasteiger partial charge in [0, 0.05) is 56.2 Å². The Morgan fingerprint density at radius 3 is 2.61 bits per heavy atom. The molecule has 10 nitrogen and oxygen atoms in total. The fourth-order valence-electron chi connectivity index (χ4n) is 4.07. The molecule has 1 fully saturated rings. The van der Waals surface area contributed by atoms with Crippen LogP contribution in [0.25, 0.3) is 5.69 Å². The number of halogens is 2. The van der Waals surface area contributed by atoms with E-state index in [9.17, 15) is 27.2 Å². The third kappa shape index (κ3) is 6.98. The first-order valence-corrected chi connectivity index (χ1v) is 14.7. The molecule has 14 heteroatoms. The molecule has 2 aromatic heterocycles. The number of carbonyl (C=O) groups is 2. The Labute approximate surface area is 227 Å². The summed E-state index contributed by atoms with van der Waals surface area (Å²) in [6.45, 7) is 0.512. The fourth-order valence-corrected chi connectivity index (χ4v) is 5.55. The lowest BCUT2D eigenvalue weighted by atomic mass is 10.0. The van der Waals surface area contributed by atoms with Gasteiger partial charge in [0.15, 0.2) is 9.84 Å². The normalized spacial score (nSPS) is 17.4. The van der Waals surface area contributed by atoms with Crippen molar-refractivity contribution in [2.45, 2.75) is 6.04 Å². The third-order valence-corrected chi connectivity index (χ3v) is 7.87. The van der Waals surface area contributed by atoms with Gasteiger partial charge in [0.1, 0.15) is 5.82 Å². The highest BCUT2D eigenvalue weighted by Gasteiger charge is 2.36. The molecule has 202 valence electrons. The monoisotopic (exact) mass is 581 g/mol. The minimum Gasteiger partial charge on any atom is -0.351 e. The second-order valence-corrected chi connectivity index (χ2v) is 12.7. The average Bonchev–Trinajstić information content (AvgIpc) is 3.48. The van der Waals surface area contributed by atoms with Gasteiger partial charge in [0.05, 0.1) is 26.5 Å². The molecule has 0 saturated carbocycles. The predicted molar refractivity (Wildman–Crippen MR) is 144 cm³/mol. The van der Waals surface area contributed by atoms with Crippen molar-refractivity contribution in [3.8, 4) is 5.69 Å². The van der Waals surface area contributed by atoms with Crippen molar-refractivity contribution in [2.75, 3.05) is 37.1 Å². The van der Waals surface area contributed by atoms with Crippen LogP contribution in [0.3, 0.4) is 0 Å². The third-order valence-electron chi connectivity index (χ3n) is 5.95. The Hall–Kier alpha value is -3.26. The maximum Gasteiger partial charge on any atom is 0.321 e. The summed E-state index contributed by atoms with van der Waals surface area (Å²) in [4.78, 5) is 39.3. The van der Waals surface area contributed by atoms with Crippen LogP contribution in [0.1, 0.15) is 9.67 Å². The average molecular weight is 582 g/mol. The zero-order chi connectivity index (χ0) is 27.4. The molecule has 0 radical (unpaired) electrons. The van der Waals surface area contributed by atoms with Gasteiger partial charge in [-0.25, -0.2) is 17.6 Å². The van der Waals surface area contributed by atoms with E-state index in [1.165, 1.54) is 33.9 Å². The number of sulfone groups is 1. The number of amides is 3. The number of pyridine rings is 1. The first kappa shape index (κ1) is 27.8. The number of hydrogen-bond donors (Lipinski definition) is 3. The molecule has 4 rings (SSSR count). The van der Waals surface area contributed by atoms with Crippen LogP contribution < -0.4 is 21.5 Å². The second kappa shape index (κ2) is 11.6.